The smallest absolute Gasteiger partial charge is 0.257 e. The van der Waals surface area contributed by atoms with Crippen molar-refractivity contribution in [1.29, 1.82) is 0 Å². The second kappa shape index (κ2) is 1.89. The number of thioether (sulfide) groups is 1. The van der Waals surface area contributed by atoms with Crippen LogP contribution < -0.4 is 0 Å². The van der Waals surface area contributed by atoms with Crippen molar-refractivity contribution in [3.63, 3.8) is 0 Å². The van der Waals surface area contributed by atoms with Gasteiger partial charge in [-0.05, 0) is 12.3 Å². The van der Waals surface area contributed by atoms with Crippen molar-refractivity contribution in [3.8, 4) is 0 Å². The summed E-state index contributed by atoms with van der Waals surface area (Å²) in [6.45, 7) is 1.91. The molecule has 0 aromatic heterocycles. The molecule has 1 saturated heterocycles. The van der Waals surface area contributed by atoms with Gasteiger partial charge in [-0.2, -0.15) is 0 Å². The van der Waals surface area contributed by atoms with Gasteiger partial charge < -0.3 is 0 Å². The highest BCUT2D eigenvalue weighted by Crippen LogP contribution is 2.39. The fourth-order valence-electron chi connectivity index (χ4n) is 1.17. The zero-order valence-electron chi connectivity index (χ0n) is 5.57. The van der Waals surface area contributed by atoms with E-state index in [9.17, 15) is 4.79 Å². The lowest BCUT2D eigenvalue weighted by Gasteiger charge is -2.35. The summed E-state index contributed by atoms with van der Waals surface area (Å²) in [4.78, 5) is 12.8. The minimum Gasteiger partial charge on any atom is -0.298 e. The molecule has 0 saturated carbocycles. The zero-order chi connectivity index (χ0) is 7.14. The van der Waals surface area contributed by atoms with Crippen molar-refractivity contribution >= 4 is 17.7 Å². The van der Waals surface area contributed by atoms with Crippen LogP contribution in [0.4, 0.5) is 0 Å². The number of allylic oxidation sites excluding steroid dienone is 1. The van der Waals surface area contributed by atoms with E-state index in [0.29, 0.717) is 5.37 Å². The van der Waals surface area contributed by atoms with Crippen molar-refractivity contribution in [2.45, 2.75) is 12.3 Å². The Balaban J connectivity index is 2.28. The third-order valence-electron chi connectivity index (χ3n) is 1.74. The van der Waals surface area contributed by atoms with E-state index in [2.05, 4.69) is 0 Å². The molecule has 1 atom stereocenters. The molecule has 0 radical (unpaired) electrons. The Morgan fingerprint density at radius 1 is 1.80 bits per heavy atom. The Kier molecular flexibility index (Phi) is 1.14. The van der Waals surface area contributed by atoms with Gasteiger partial charge in [0.05, 0.1) is 0 Å². The summed E-state index contributed by atoms with van der Waals surface area (Å²) in [5.74, 6) is 0.161. The molecule has 1 fully saturated rings. The minimum absolute atomic E-state index is 0.161. The van der Waals surface area contributed by atoms with Crippen LogP contribution in [0.25, 0.3) is 0 Å². The Labute approximate surface area is 63.6 Å². The number of hydrogen-bond acceptors (Lipinski definition) is 2. The maximum absolute atomic E-state index is 11.1. The Bertz CT molecular complexity index is 244. The summed E-state index contributed by atoms with van der Waals surface area (Å²) in [6.07, 6.45) is 3.73. The largest absolute Gasteiger partial charge is 0.298 e. The molecule has 2 heterocycles. The second-order valence-electron chi connectivity index (χ2n) is 2.23. The number of β-lactam (4-membered cyclic amide) rings is 1. The molecule has 0 aromatic rings. The van der Waals surface area contributed by atoms with E-state index in [4.69, 9.17) is 0 Å². The minimum atomic E-state index is 0.161. The monoisotopic (exact) mass is 153 g/mol. The van der Waals surface area contributed by atoms with E-state index >= 15 is 0 Å². The fraction of sp³-hybridized carbons (Fsp3) is 0.286. The van der Waals surface area contributed by atoms with Gasteiger partial charge in [-0.3, -0.25) is 9.69 Å². The Morgan fingerprint density at radius 2 is 2.60 bits per heavy atom. The predicted molar refractivity (Wildman–Crippen MR) is 41.1 cm³/mol. The third kappa shape index (κ3) is 0.534. The molecular weight excluding hydrogens is 146 g/mol. The van der Waals surface area contributed by atoms with Gasteiger partial charge in [-0.25, -0.2) is 0 Å². The molecule has 0 unspecified atom stereocenters. The molecule has 3 heteroatoms. The average Bonchev–Trinajstić information content (AvgIpc) is 2.33. The lowest BCUT2D eigenvalue weighted by atomic mass is 10.1. The van der Waals surface area contributed by atoms with Gasteiger partial charge in [-0.15, -0.1) is 11.8 Å². The molecule has 2 nitrogen and oxygen atoms in total. The second-order valence-corrected chi connectivity index (χ2v) is 3.22. The number of carbonyl (C=O) groups is 1. The van der Waals surface area contributed by atoms with Crippen molar-refractivity contribution in [1.82, 2.24) is 4.90 Å². The molecule has 10 heavy (non-hydrogen) atoms. The lowest BCUT2D eigenvalue weighted by molar-refractivity contribution is -0.130. The maximum Gasteiger partial charge on any atom is 0.257 e. The molecule has 2 rings (SSSR count). The molecule has 1 amide bonds. The first-order chi connectivity index (χ1) is 4.84. The predicted octanol–water partition coefficient (Wildman–Crippen LogP) is 1.32. The first-order valence-electron chi connectivity index (χ1n) is 3.15. The summed E-state index contributed by atoms with van der Waals surface area (Å²) in [7, 11) is 0. The fourth-order valence-corrected chi connectivity index (χ4v) is 2.20. The van der Waals surface area contributed by atoms with Gasteiger partial charge in [0.15, 0.2) is 0 Å². The number of hydrogen-bond donors (Lipinski definition) is 0. The molecule has 0 spiro atoms. The van der Waals surface area contributed by atoms with E-state index in [1.807, 2.05) is 24.6 Å². The maximum atomic E-state index is 11.1. The van der Waals surface area contributed by atoms with Crippen LogP contribution in [0.2, 0.25) is 0 Å². The van der Waals surface area contributed by atoms with Crippen LogP contribution in [0.15, 0.2) is 23.3 Å². The summed E-state index contributed by atoms with van der Waals surface area (Å²) in [5.41, 5.74) is 0.940. The van der Waals surface area contributed by atoms with Gasteiger partial charge in [0.2, 0.25) is 0 Å². The van der Waals surface area contributed by atoms with Gasteiger partial charge in [0.25, 0.3) is 5.91 Å². The first-order valence-corrected chi connectivity index (χ1v) is 4.10. The number of nitrogens with zero attached hydrogens (tertiary/aromatic N) is 1. The van der Waals surface area contributed by atoms with Crippen LogP contribution in [0.3, 0.4) is 0 Å². The van der Waals surface area contributed by atoms with E-state index < -0.39 is 0 Å². The van der Waals surface area contributed by atoms with Crippen LogP contribution in [0.5, 0.6) is 0 Å². The van der Waals surface area contributed by atoms with Crippen LogP contribution in [-0.4, -0.2) is 16.2 Å². The van der Waals surface area contributed by atoms with Crippen molar-refractivity contribution in [2.24, 2.45) is 0 Å². The summed E-state index contributed by atoms with van der Waals surface area (Å²) in [6, 6.07) is 0. The molecule has 2 aliphatic rings. The summed E-state index contributed by atoms with van der Waals surface area (Å²) < 4.78 is 0. The van der Waals surface area contributed by atoms with E-state index in [-0.39, 0.29) is 5.91 Å². The highest BCUT2D eigenvalue weighted by Gasteiger charge is 2.42. The number of amides is 1. The quantitative estimate of drug-likeness (QED) is 0.386. The molecule has 0 bridgehead atoms. The van der Waals surface area contributed by atoms with Crippen LogP contribution >= 0.6 is 11.8 Å². The first kappa shape index (κ1) is 6.04. The molecular formula is C7H7NOS. The average molecular weight is 153 g/mol. The molecule has 0 N–H and O–H groups in total. The Morgan fingerprint density at radius 3 is 3.30 bits per heavy atom. The summed E-state index contributed by atoms with van der Waals surface area (Å²) in [5, 5.41) is 2.26. The zero-order valence-corrected chi connectivity index (χ0v) is 6.39. The van der Waals surface area contributed by atoms with Crippen molar-refractivity contribution in [3.05, 3.63) is 23.3 Å². The van der Waals surface area contributed by atoms with Crippen LogP contribution in [0.1, 0.15) is 6.92 Å². The summed E-state index contributed by atoms with van der Waals surface area (Å²) >= 11 is 1.68. The molecule has 0 aromatic carbocycles. The molecule has 0 aliphatic carbocycles. The van der Waals surface area contributed by atoms with E-state index in [1.165, 1.54) is 0 Å². The van der Waals surface area contributed by atoms with Crippen LogP contribution in [0, 0.1) is 0 Å². The SMILES string of the molecule is CC=C1C(=O)N2C=CS[C@H]12. The number of carbonyl (C=O) groups excluding carboxylic acids is 1. The van der Waals surface area contributed by atoms with Crippen molar-refractivity contribution in [2.75, 3.05) is 0 Å². The van der Waals surface area contributed by atoms with Crippen molar-refractivity contribution < 1.29 is 4.79 Å². The Hall–Kier alpha value is -0.700. The third-order valence-corrected chi connectivity index (χ3v) is 2.76. The topological polar surface area (TPSA) is 20.3 Å². The number of fused-ring (bicyclic) bond motifs is 1. The molecule has 52 valence electrons. The van der Waals surface area contributed by atoms with Gasteiger partial charge in [-0.1, -0.05) is 6.08 Å². The number of rotatable bonds is 0. The highest BCUT2D eigenvalue weighted by atomic mass is 32.2. The lowest BCUT2D eigenvalue weighted by Crippen LogP contribution is -2.47. The van der Waals surface area contributed by atoms with Gasteiger partial charge in [0, 0.05) is 11.8 Å². The standard InChI is InChI=1S/C7H7NOS/c1-2-5-6(9)8-3-4-10-7(5)8/h2-4,7H,1H3/t7-/m1/s1. The normalized spacial score (nSPS) is 32.9. The van der Waals surface area contributed by atoms with E-state index in [1.54, 1.807) is 16.7 Å². The highest BCUT2D eigenvalue weighted by molar-refractivity contribution is 8.03. The van der Waals surface area contributed by atoms with E-state index in [0.717, 1.165) is 5.57 Å². The van der Waals surface area contributed by atoms with Gasteiger partial charge in [0.1, 0.15) is 5.37 Å². The molecule has 2 aliphatic heterocycles. The van der Waals surface area contributed by atoms with Gasteiger partial charge >= 0.3 is 0 Å². The van der Waals surface area contributed by atoms with Crippen LogP contribution in [-0.2, 0) is 4.79 Å².